The fraction of sp³-hybridized carbons (Fsp3) is 0.607. The SMILES string of the molecule is C[C@H]1CCc2c(ccc(-c3cnn([C@@H]4CCN(C(=O)OC(C)(C)C)C[C@@H]4F)c3)c2OC2CCC2)N1C(=O)O. The summed E-state index contributed by atoms with van der Waals surface area (Å²) in [5.74, 6) is 0.710. The van der Waals surface area contributed by atoms with Crippen molar-refractivity contribution in [2.45, 2.75) is 96.2 Å². The number of amides is 2. The molecule has 0 unspecified atom stereocenters. The molecule has 0 spiro atoms. The molecular weight excluding hydrogens is 491 g/mol. The van der Waals surface area contributed by atoms with Crippen LogP contribution in [0.2, 0.25) is 0 Å². The Kier molecular flexibility index (Phi) is 7.00. The Morgan fingerprint density at radius 2 is 1.92 bits per heavy atom. The van der Waals surface area contributed by atoms with Crippen LogP contribution in [0.25, 0.3) is 11.1 Å². The van der Waals surface area contributed by atoms with Crippen molar-refractivity contribution in [3.63, 3.8) is 0 Å². The van der Waals surface area contributed by atoms with Crippen molar-refractivity contribution >= 4 is 17.9 Å². The molecule has 1 saturated heterocycles. The minimum absolute atomic E-state index is 0.0487. The average molecular weight is 529 g/mol. The van der Waals surface area contributed by atoms with Gasteiger partial charge < -0.3 is 19.5 Å². The molecule has 3 aliphatic rings. The Balaban J connectivity index is 1.40. The summed E-state index contributed by atoms with van der Waals surface area (Å²) in [6.45, 7) is 7.63. The van der Waals surface area contributed by atoms with Crippen molar-refractivity contribution in [2.75, 3.05) is 18.0 Å². The zero-order chi connectivity index (χ0) is 27.2. The van der Waals surface area contributed by atoms with Gasteiger partial charge in [-0.15, -0.1) is 0 Å². The summed E-state index contributed by atoms with van der Waals surface area (Å²) in [6.07, 6.45) is 5.80. The predicted molar refractivity (Wildman–Crippen MR) is 141 cm³/mol. The van der Waals surface area contributed by atoms with Crippen LogP contribution in [0.1, 0.15) is 71.4 Å². The monoisotopic (exact) mass is 528 g/mol. The molecule has 3 atom stereocenters. The Hall–Kier alpha value is -3.30. The molecule has 206 valence electrons. The molecule has 5 rings (SSSR count). The second-order valence-electron chi connectivity index (χ2n) is 11.7. The van der Waals surface area contributed by atoms with E-state index in [1.54, 1.807) is 31.6 Å². The van der Waals surface area contributed by atoms with Crippen LogP contribution in [-0.2, 0) is 11.2 Å². The van der Waals surface area contributed by atoms with Gasteiger partial charge >= 0.3 is 12.2 Å². The van der Waals surface area contributed by atoms with E-state index < -0.39 is 30.0 Å². The first-order valence-electron chi connectivity index (χ1n) is 13.5. The number of halogens is 1. The highest BCUT2D eigenvalue weighted by Crippen LogP contribution is 2.45. The molecule has 2 aliphatic heterocycles. The lowest BCUT2D eigenvalue weighted by Gasteiger charge is -2.36. The predicted octanol–water partition coefficient (Wildman–Crippen LogP) is 5.82. The van der Waals surface area contributed by atoms with Crippen LogP contribution in [0.4, 0.5) is 19.7 Å². The number of fused-ring (bicyclic) bond motifs is 1. The maximum atomic E-state index is 15.3. The smallest absolute Gasteiger partial charge is 0.412 e. The van der Waals surface area contributed by atoms with Crippen molar-refractivity contribution < 1.29 is 28.6 Å². The van der Waals surface area contributed by atoms with E-state index in [1.165, 1.54) is 9.80 Å². The largest absolute Gasteiger partial charge is 0.489 e. The fourth-order valence-corrected chi connectivity index (χ4v) is 5.45. The van der Waals surface area contributed by atoms with Gasteiger partial charge in [-0.3, -0.25) is 9.58 Å². The highest BCUT2D eigenvalue weighted by molar-refractivity contribution is 5.91. The van der Waals surface area contributed by atoms with Gasteiger partial charge in [0.15, 0.2) is 0 Å². The molecule has 9 nitrogen and oxygen atoms in total. The third-order valence-electron chi connectivity index (χ3n) is 7.70. The van der Waals surface area contributed by atoms with Gasteiger partial charge in [0.1, 0.15) is 17.5 Å². The second kappa shape index (κ2) is 10.1. The first-order chi connectivity index (χ1) is 18.0. The molecule has 2 aromatic rings. The Labute approximate surface area is 222 Å². The zero-order valence-corrected chi connectivity index (χ0v) is 22.5. The fourth-order valence-electron chi connectivity index (χ4n) is 5.45. The standard InChI is InChI=1S/C28H37FN4O5/c1-17-8-9-21-23(33(17)26(34)35)11-10-20(25(21)37-19-6-5-7-19)18-14-30-32(15-18)24-12-13-31(16-22(24)29)27(36)38-28(2,3)4/h10-11,14-15,17,19,22,24H,5-9,12-13,16H2,1-4H3,(H,34,35)/t17-,22-,24+/m0/s1. The number of piperidine rings is 1. The number of ether oxygens (including phenoxy) is 2. The van der Waals surface area contributed by atoms with Crippen molar-refractivity contribution in [3.8, 4) is 16.9 Å². The number of benzene rings is 1. The number of carbonyl (C=O) groups is 2. The van der Waals surface area contributed by atoms with Gasteiger partial charge in [0.2, 0.25) is 0 Å². The summed E-state index contributed by atoms with van der Waals surface area (Å²) in [5.41, 5.74) is 2.56. The van der Waals surface area contributed by atoms with Crippen molar-refractivity contribution in [1.82, 2.24) is 14.7 Å². The van der Waals surface area contributed by atoms with Gasteiger partial charge in [-0.1, -0.05) is 0 Å². The highest BCUT2D eigenvalue weighted by atomic mass is 19.1. The number of anilines is 1. The van der Waals surface area contributed by atoms with E-state index in [1.807, 2.05) is 25.3 Å². The number of hydrogen-bond acceptors (Lipinski definition) is 5. The Morgan fingerprint density at radius 3 is 2.55 bits per heavy atom. The lowest BCUT2D eigenvalue weighted by molar-refractivity contribution is 0.00575. The number of aromatic nitrogens is 2. The maximum absolute atomic E-state index is 15.3. The summed E-state index contributed by atoms with van der Waals surface area (Å²) < 4.78 is 28.8. The van der Waals surface area contributed by atoms with Crippen LogP contribution in [0.3, 0.4) is 0 Å². The number of nitrogens with zero attached hydrogens (tertiary/aromatic N) is 4. The number of carboxylic acid groups (broad SMARTS) is 1. The molecule has 1 aliphatic carbocycles. The first-order valence-corrected chi connectivity index (χ1v) is 13.5. The molecule has 1 aromatic carbocycles. The first kappa shape index (κ1) is 26.3. The molecule has 0 radical (unpaired) electrons. The van der Waals surface area contributed by atoms with E-state index in [9.17, 15) is 14.7 Å². The molecule has 2 amide bonds. The van der Waals surface area contributed by atoms with Crippen LogP contribution in [-0.4, -0.2) is 69.0 Å². The van der Waals surface area contributed by atoms with Gasteiger partial charge in [0, 0.05) is 35.5 Å². The quantitative estimate of drug-likeness (QED) is 0.537. The molecule has 1 saturated carbocycles. The van der Waals surface area contributed by atoms with E-state index in [4.69, 9.17) is 9.47 Å². The highest BCUT2D eigenvalue weighted by Gasteiger charge is 2.36. The van der Waals surface area contributed by atoms with Crippen LogP contribution >= 0.6 is 0 Å². The number of alkyl halides is 1. The van der Waals surface area contributed by atoms with Gasteiger partial charge in [-0.2, -0.15) is 5.10 Å². The van der Waals surface area contributed by atoms with E-state index in [0.717, 1.165) is 42.4 Å². The summed E-state index contributed by atoms with van der Waals surface area (Å²) in [6, 6.07) is 3.12. The van der Waals surface area contributed by atoms with Crippen LogP contribution in [0, 0.1) is 0 Å². The van der Waals surface area contributed by atoms with Crippen molar-refractivity contribution in [1.29, 1.82) is 0 Å². The van der Waals surface area contributed by atoms with Gasteiger partial charge in [-0.25, -0.2) is 14.0 Å². The lowest BCUT2D eigenvalue weighted by Crippen LogP contribution is -2.47. The van der Waals surface area contributed by atoms with Crippen molar-refractivity contribution in [3.05, 3.63) is 30.1 Å². The minimum Gasteiger partial charge on any atom is -0.489 e. The summed E-state index contributed by atoms with van der Waals surface area (Å²) in [5, 5.41) is 14.4. The molecule has 0 bridgehead atoms. The molecule has 1 N–H and O–H groups in total. The van der Waals surface area contributed by atoms with Crippen LogP contribution in [0.15, 0.2) is 24.5 Å². The van der Waals surface area contributed by atoms with E-state index >= 15 is 4.39 Å². The average Bonchev–Trinajstić information content (AvgIpc) is 3.29. The maximum Gasteiger partial charge on any atom is 0.412 e. The zero-order valence-electron chi connectivity index (χ0n) is 22.5. The molecule has 2 fully saturated rings. The number of hydrogen-bond donors (Lipinski definition) is 1. The van der Waals surface area contributed by atoms with E-state index in [2.05, 4.69) is 5.10 Å². The van der Waals surface area contributed by atoms with Crippen LogP contribution in [0.5, 0.6) is 5.75 Å². The Morgan fingerprint density at radius 1 is 1.16 bits per heavy atom. The number of carbonyl (C=O) groups excluding carboxylic acids is 1. The topological polar surface area (TPSA) is 97.1 Å². The van der Waals surface area contributed by atoms with E-state index in [0.29, 0.717) is 30.8 Å². The van der Waals surface area contributed by atoms with E-state index in [-0.39, 0.29) is 18.7 Å². The minimum atomic E-state index is -1.29. The van der Waals surface area contributed by atoms with Crippen molar-refractivity contribution in [2.24, 2.45) is 0 Å². The number of rotatable bonds is 4. The normalized spacial score (nSPS) is 24.0. The van der Waals surface area contributed by atoms with Crippen LogP contribution < -0.4 is 9.64 Å². The summed E-state index contributed by atoms with van der Waals surface area (Å²) >= 11 is 0. The van der Waals surface area contributed by atoms with Gasteiger partial charge in [-0.05, 0) is 78.4 Å². The van der Waals surface area contributed by atoms with Gasteiger partial charge in [0.25, 0.3) is 0 Å². The van der Waals surface area contributed by atoms with Gasteiger partial charge in [0.05, 0.1) is 30.6 Å². The number of likely N-dealkylation sites (tertiary alicyclic amines) is 1. The second-order valence-corrected chi connectivity index (χ2v) is 11.7. The lowest BCUT2D eigenvalue weighted by atomic mass is 9.91. The summed E-state index contributed by atoms with van der Waals surface area (Å²) in [4.78, 5) is 27.3. The third kappa shape index (κ3) is 5.17. The molecule has 3 heterocycles. The third-order valence-corrected chi connectivity index (χ3v) is 7.70. The Bertz CT molecular complexity index is 1200. The molecular formula is C28H37FN4O5. The molecule has 1 aromatic heterocycles. The summed E-state index contributed by atoms with van der Waals surface area (Å²) in [7, 11) is 0. The molecule has 38 heavy (non-hydrogen) atoms. The molecule has 10 heteroatoms.